The minimum absolute atomic E-state index is 0.124. The van der Waals surface area contributed by atoms with Crippen molar-refractivity contribution in [3.05, 3.63) is 46.7 Å². The lowest BCUT2D eigenvalue weighted by Gasteiger charge is -2.32. The molecule has 1 fully saturated rings. The Bertz CT molecular complexity index is 915. The van der Waals surface area contributed by atoms with E-state index in [0.717, 1.165) is 58.3 Å². The van der Waals surface area contributed by atoms with Crippen molar-refractivity contribution in [1.29, 1.82) is 0 Å². The Morgan fingerprint density at radius 1 is 1.08 bits per heavy atom. The van der Waals surface area contributed by atoms with Crippen LogP contribution in [0.3, 0.4) is 0 Å². The van der Waals surface area contributed by atoms with Crippen molar-refractivity contribution in [2.75, 3.05) is 33.2 Å². The minimum Gasteiger partial charge on any atom is -0.335 e. The number of carbonyl (C=O) groups excluding carboxylic acids is 1. The van der Waals surface area contributed by atoms with Crippen LogP contribution in [-0.4, -0.2) is 58.5 Å². The van der Waals surface area contributed by atoms with Crippen LogP contribution < -0.4 is 0 Å². The molecule has 130 valence electrons. The average Bonchev–Trinajstić information content (AvgIpc) is 3.15. The van der Waals surface area contributed by atoms with E-state index >= 15 is 0 Å². The SMILES string of the molecule is Cc1ccc(C)n1-c1c(C(=O)N2CCN(C)CC2)sc2ncccc12. The number of thiophene rings is 1. The van der Waals surface area contributed by atoms with Gasteiger partial charge in [-0.25, -0.2) is 4.98 Å². The molecule has 4 heterocycles. The average molecular weight is 354 g/mol. The molecule has 0 unspecified atom stereocenters. The molecule has 0 aliphatic carbocycles. The lowest BCUT2D eigenvalue weighted by Crippen LogP contribution is -2.47. The number of aryl methyl sites for hydroxylation is 2. The Hall–Kier alpha value is -2.18. The summed E-state index contributed by atoms with van der Waals surface area (Å²) in [6.07, 6.45) is 1.79. The largest absolute Gasteiger partial charge is 0.335 e. The van der Waals surface area contributed by atoms with E-state index in [1.807, 2.05) is 11.0 Å². The molecule has 1 amide bonds. The zero-order valence-electron chi connectivity index (χ0n) is 14.8. The molecule has 1 saturated heterocycles. The molecule has 0 spiro atoms. The van der Waals surface area contributed by atoms with E-state index in [-0.39, 0.29) is 5.91 Å². The number of carbonyl (C=O) groups is 1. The van der Waals surface area contributed by atoms with Crippen LogP contribution in [0.15, 0.2) is 30.5 Å². The summed E-state index contributed by atoms with van der Waals surface area (Å²) in [5.74, 6) is 0.124. The first-order valence-corrected chi connectivity index (χ1v) is 9.38. The van der Waals surface area contributed by atoms with E-state index in [2.05, 4.69) is 53.5 Å². The summed E-state index contributed by atoms with van der Waals surface area (Å²) in [6, 6.07) is 8.20. The number of pyridine rings is 1. The quantitative estimate of drug-likeness (QED) is 0.710. The number of fused-ring (bicyclic) bond motifs is 1. The summed E-state index contributed by atoms with van der Waals surface area (Å²) in [4.78, 5) is 23.7. The second-order valence-corrected chi connectivity index (χ2v) is 7.68. The maximum atomic E-state index is 13.3. The zero-order valence-corrected chi connectivity index (χ0v) is 15.6. The first-order valence-electron chi connectivity index (χ1n) is 8.57. The third-order valence-electron chi connectivity index (χ3n) is 4.92. The van der Waals surface area contributed by atoms with E-state index in [9.17, 15) is 4.79 Å². The summed E-state index contributed by atoms with van der Waals surface area (Å²) in [5, 5.41) is 1.05. The molecule has 5 nitrogen and oxygen atoms in total. The molecule has 3 aromatic rings. The zero-order chi connectivity index (χ0) is 17.6. The van der Waals surface area contributed by atoms with Gasteiger partial charge in [-0.2, -0.15) is 0 Å². The lowest BCUT2D eigenvalue weighted by molar-refractivity contribution is 0.0669. The maximum Gasteiger partial charge on any atom is 0.266 e. The van der Waals surface area contributed by atoms with Gasteiger partial charge in [-0.05, 0) is 45.2 Å². The molecule has 6 heteroatoms. The Morgan fingerprint density at radius 3 is 2.44 bits per heavy atom. The number of rotatable bonds is 2. The molecule has 0 atom stereocenters. The summed E-state index contributed by atoms with van der Waals surface area (Å²) >= 11 is 1.51. The van der Waals surface area contributed by atoms with Gasteiger partial charge >= 0.3 is 0 Å². The Kier molecular flexibility index (Phi) is 4.09. The molecule has 0 aromatic carbocycles. The molecule has 0 bridgehead atoms. The van der Waals surface area contributed by atoms with E-state index < -0.39 is 0 Å². The van der Waals surface area contributed by atoms with Gasteiger partial charge in [0, 0.05) is 49.1 Å². The second-order valence-electron chi connectivity index (χ2n) is 6.68. The van der Waals surface area contributed by atoms with Crippen LogP contribution in [0.1, 0.15) is 21.1 Å². The predicted molar refractivity (Wildman–Crippen MR) is 102 cm³/mol. The predicted octanol–water partition coefficient (Wildman–Crippen LogP) is 3.09. The Labute approximate surface area is 151 Å². The Morgan fingerprint density at radius 2 is 1.76 bits per heavy atom. The molecule has 1 aliphatic rings. The van der Waals surface area contributed by atoms with Gasteiger partial charge in [-0.15, -0.1) is 11.3 Å². The van der Waals surface area contributed by atoms with Gasteiger partial charge < -0.3 is 14.4 Å². The summed E-state index contributed by atoms with van der Waals surface area (Å²) in [6.45, 7) is 7.56. The van der Waals surface area contributed by atoms with Gasteiger partial charge in [0.05, 0.1) is 5.69 Å². The molecular formula is C19H22N4OS. The number of likely N-dealkylation sites (N-methyl/N-ethyl adjacent to an activating group) is 1. The van der Waals surface area contributed by atoms with Crippen LogP contribution in [0.5, 0.6) is 0 Å². The van der Waals surface area contributed by atoms with E-state index in [4.69, 9.17) is 0 Å². The summed E-state index contributed by atoms with van der Waals surface area (Å²) in [5.41, 5.74) is 3.25. The van der Waals surface area contributed by atoms with Crippen molar-refractivity contribution in [3.63, 3.8) is 0 Å². The van der Waals surface area contributed by atoms with Crippen LogP contribution >= 0.6 is 11.3 Å². The lowest BCUT2D eigenvalue weighted by atomic mass is 10.2. The van der Waals surface area contributed by atoms with Crippen molar-refractivity contribution in [2.45, 2.75) is 13.8 Å². The number of hydrogen-bond donors (Lipinski definition) is 0. The fraction of sp³-hybridized carbons (Fsp3) is 0.368. The molecule has 3 aromatic heterocycles. The number of aromatic nitrogens is 2. The minimum atomic E-state index is 0.124. The van der Waals surface area contributed by atoms with Gasteiger partial charge in [0.25, 0.3) is 5.91 Å². The standard InChI is InChI=1S/C19H22N4OS/c1-13-6-7-14(2)23(13)16-15-5-4-8-20-18(15)25-17(16)19(24)22-11-9-21(3)10-12-22/h4-8H,9-12H2,1-3H3. The van der Waals surface area contributed by atoms with Crippen LogP contribution in [-0.2, 0) is 0 Å². The Balaban J connectivity index is 1.86. The molecule has 1 aliphatic heterocycles. The van der Waals surface area contributed by atoms with E-state index in [1.165, 1.54) is 11.3 Å². The van der Waals surface area contributed by atoms with Crippen molar-refractivity contribution >= 4 is 27.5 Å². The van der Waals surface area contributed by atoms with E-state index in [1.54, 1.807) is 6.20 Å². The van der Waals surface area contributed by atoms with Gasteiger partial charge in [0.1, 0.15) is 9.71 Å². The van der Waals surface area contributed by atoms with Crippen molar-refractivity contribution in [1.82, 2.24) is 19.4 Å². The van der Waals surface area contributed by atoms with Crippen molar-refractivity contribution in [2.24, 2.45) is 0 Å². The highest BCUT2D eigenvalue weighted by molar-refractivity contribution is 7.21. The third kappa shape index (κ3) is 2.75. The normalized spacial score (nSPS) is 15.9. The molecule has 25 heavy (non-hydrogen) atoms. The number of amides is 1. The molecule has 0 radical (unpaired) electrons. The van der Waals surface area contributed by atoms with Gasteiger partial charge in [0.2, 0.25) is 0 Å². The highest BCUT2D eigenvalue weighted by Crippen LogP contribution is 2.35. The smallest absolute Gasteiger partial charge is 0.266 e. The number of hydrogen-bond acceptors (Lipinski definition) is 4. The highest BCUT2D eigenvalue weighted by Gasteiger charge is 2.27. The van der Waals surface area contributed by atoms with Gasteiger partial charge in [-0.1, -0.05) is 0 Å². The van der Waals surface area contributed by atoms with Crippen molar-refractivity contribution < 1.29 is 4.79 Å². The number of nitrogens with zero attached hydrogens (tertiary/aromatic N) is 4. The summed E-state index contributed by atoms with van der Waals surface area (Å²) < 4.78 is 2.18. The fourth-order valence-corrected chi connectivity index (χ4v) is 4.56. The van der Waals surface area contributed by atoms with Gasteiger partial charge in [-0.3, -0.25) is 4.79 Å². The maximum absolute atomic E-state index is 13.3. The summed E-state index contributed by atoms with van der Waals surface area (Å²) in [7, 11) is 2.10. The monoisotopic (exact) mass is 354 g/mol. The number of piperazine rings is 1. The molecule has 0 N–H and O–H groups in total. The van der Waals surface area contributed by atoms with Crippen LogP contribution in [0.25, 0.3) is 15.9 Å². The first-order chi connectivity index (χ1) is 12.1. The van der Waals surface area contributed by atoms with Crippen LogP contribution in [0.4, 0.5) is 0 Å². The molecular weight excluding hydrogens is 332 g/mol. The third-order valence-corrected chi connectivity index (χ3v) is 6.01. The van der Waals surface area contributed by atoms with E-state index in [0.29, 0.717) is 0 Å². The fourth-order valence-electron chi connectivity index (χ4n) is 3.46. The second kappa shape index (κ2) is 6.28. The highest BCUT2D eigenvalue weighted by atomic mass is 32.1. The van der Waals surface area contributed by atoms with Crippen LogP contribution in [0, 0.1) is 13.8 Å². The topological polar surface area (TPSA) is 41.4 Å². The van der Waals surface area contributed by atoms with Crippen molar-refractivity contribution in [3.8, 4) is 5.69 Å². The van der Waals surface area contributed by atoms with Gasteiger partial charge in [0.15, 0.2) is 0 Å². The first kappa shape index (κ1) is 16.3. The van der Waals surface area contributed by atoms with Crippen LogP contribution in [0.2, 0.25) is 0 Å². The molecule has 4 rings (SSSR count). The molecule has 0 saturated carbocycles.